The van der Waals surface area contributed by atoms with Gasteiger partial charge in [0.05, 0.1) is 5.97 Å². The summed E-state index contributed by atoms with van der Waals surface area (Å²) in [5.41, 5.74) is 0. The van der Waals surface area contributed by atoms with Gasteiger partial charge < -0.3 is 24.9 Å². The Bertz CT molecular complexity index is 447. The van der Waals surface area contributed by atoms with Crippen LogP contribution in [0.3, 0.4) is 0 Å². The molecule has 11 heteroatoms. The summed E-state index contributed by atoms with van der Waals surface area (Å²) in [6.45, 7) is 2.63. The van der Waals surface area contributed by atoms with Gasteiger partial charge in [-0.1, -0.05) is 64.7 Å². The van der Waals surface area contributed by atoms with Crippen molar-refractivity contribution in [1.82, 2.24) is 0 Å². The van der Waals surface area contributed by atoms with Gasteiger partial charge in [-0.25, -0.2) is 0 Å². The van der Waals surface area contributed by atoms with Gasteiger partial charge in [-0.05, 0) is 6.42 Å². The predicted molar refractivity (Wildman–Crippen MR) is 88.9 cm³/mol. The molecule has 0 saturated carbocycles. The van der Waals surface area contributed by atoms with Crippen LogP contribution in [0.1, 0.15) is 77.6 Å². The summed E-state index contributed by atoms with van der Waals surface area (Å²) in [6.07, 6.45) is 12.0. The molecular formula is C16H30K2O8S. The Morgan fingerprint density at radius 3 is 1.44 bits per heavy atom. The number of carbonyl (C=O) groups excluding carboxylic acids is 2. The number of carboxylic acids is 2. The SMILES string of the molecule is CCCCCCCCCCCCO.O=C([O-])CC(C(=O)[O-])S(=O)(=O)O.[K+].[K+]. The van der Waals surface area contributed by atoms with Crippen molar-refractivity contribution in [3.63, 3.8) is 0 Å². The first-order valence-corrected chi connectivity index (χ1v) is 10.1. The Kier molecular flexibility index (Phi) is 32.9. The molecule has 150 valence electrons. The Hall–Kier alpha value is 2.08. The number of aliphatic hydroxyl groups is 1. The van der Waals surface area contributed by atoms with Crippen molar-refractivity contribution in [3.8, 4) is 0 Å². The fourth-order valence-corrected chi connectivity index (χ4v) is 2.65. The Morgan fingerprint density at radius 2 is 1.22 bits per heavy atom. The molecule has 0 amide bonds. The second-order valence-corrected chi connectivity index (χ2v) is 7.40. The molecule has 0 aromatic carbocycles. The molecular weight excluding hydrogens is 430 g/mol. The van der Waals surface area contributed by atoms with Crippen LogP contribution in [0.15, 0.2) is 0 Å². The van der Waals surface area contributed by atoms with E-state index in [-0.39, 0.29) is 103 Å². The summed E-state index contributed by atoms with van der Waals surface area (Å²) in [5, 5.41) is 25.8. The largest absolute Gasteiger partial charge is 1.00 e. The summed E-state index contributed by atoms with van der Waals surface area (Å²) in [5.74, 6) is -4.08. The first-order chi connectivity index (χ1) is 11.7. The third-order valence-corrected chi connectivity index (χ3v) is 4.56. The molecule has 0 spiro atoms. The monoisotopic (exact) mass is 460 g/mol. The minimum Gasteiger partial charge on any atom is -0.550 e. The Morgan fingerprint density at radius 1 is 0.852 bits per heavy atom. The van der Waals surface area contributed by atoms with Gasteiger partial charge >= 0.3 is 103 Å². The van der Waals surface area contributed by atoms with E-state index in [9.17, 15) is 28.2 Å². The van der Waals surface area contributed by atoms with E-state index in [1.54, 1.807) is 0 Å². The normalized spacial score (nSPS) is 11.2. The zero-order chi connectivity index (χ0) is 19.7. The molecule has 0 saturated heterocycles. The molecule has 0 fully saturated rings. The van der Waals surface area contributed by atoms with Gasteiger partial charge in [0.15, 0.2) is 0 Å². The molecule has 1 atom stereocenters. The molecule has 2 N–H and O–H groups in total. The van der Waals surface area contributed by atoms with Crippen molar-refractivity contribution in [2.45, 2.75) is 82.8 Å². The predicted octanol–water partition coefficient (Wildman–Crippen LogP) is -5.96. The van der Waals surface area contributed by atoms with Gasteiger partial charge in [-0.3, -0.25) is 4.55 Å². The maximum absolute atomic E-state index is 10.2. The van der Waals surface area contributed by atoms with E-state index in [1.807, 2.05) is 0 Å². The maximum atomic E-state index is 10.2. The first kappa shape index (κ1) is 36.5. The quantitative estimate of drug-likeness (QED) is 0.147. The van der Waals surface area contributed by atoms with Crippen molar-refractivity contribution < 1.29 is 141 Å². The molecule has 0 aliphatic carbocycles. The van der Waals surface area contributed by atoms with Gasteiger partial charge in [0, 0.05) is 19.0 Å². The van der Waals surface area contributed by atoms with Crippen LogP contribution in [0.5, 0.6) is 0 Å². The summed E-state index contributed by atoms with van der Waals surface area (Å²) >= 11 is 0. The maximum Gasteiger partial charge on any atom is 1.00 e. The van der Waals surface area contributed by atoms with Crippen LogP contribution < -0.4 is 113 Å². The Labute approximate surface area is 247 Å². The van der Waals surface area contributed by atoms with Gasteiger partial charge in [0.25, 0.3) is 10.1 Å². The van der Waals surface area contributed by atoms with E-state index < -0.39 is 33.7 Å². The minimum absolute atomic E-state index is 0. The number of hydrogen-bond donors (Lipinski definition) is 2. The fraction of sp³-hybridized carbons (Fsp3) is 0.875. The first-order valence-electron chi connectivity index (χ1n) is 8.64. The van der Waals surface area contributed by atoms with E-state index in [2.05, 4.69) is 6.92 Å². The van der Waals surface area contributed by atoms with Crippen molar-refractivity contribution >= 4 is 22.1 Å². The van der Waals surface area contributed by atoms with E-state index in [4.69, 9.17) is 9.66 Å². The van der Waals surface area contributed by atoms with E-state index in [0.29, 0.717) is 6.61 Å². The standard InChI is InChI=1S/C12H26O.C4H6O7S.2K/c1-2-3-4-5-6-7-8-9-10-11-12-13;5-3(6)1-2(4(7)8)12(9,10)11;;/h13H,2-12H2,1H3;2H,1H2,(H,5,6)(H,7,8)(H,9,10,11);;/q;;2*+1/p-2. The summed E-state index contributed by atoms with van der Waals surface area (Å²) < 4.78 is 28.5. The van der Waals surface area contributed by atoms with Crippen molar-refractivity contribution in [2.75, 3.05) is 6.61 Å². The average Bonchev–Trinajstić information content (AvgIpc) is 2.50. The van der Waals surface area contributed by atoms with Crippen LogP contribution >= 0.6 is 0 Å². The second-order valence-electron chi connectivity index (χ2n) is 5.80. The van der Waals surface area contributed by atoms with Crippen LogP contribution in [0, 0.1) is 0 Å². The van der Waals surface area contributed by atoms with Gasteiger partial charge in [-0.15, -0.1) is 0 Å². The number of rotatable bonds is 14. The third-order valence-electron chi connectivity index (χ3n) is 3.49. The van der Waals surface area contributed by atoms with E-state index in [1.165, 1.54) is 57.8 Å². The van der Waals surface area contributed by atoms with Crippen LogP contribution in [0.25, 0.3) is 0 Å². The van der Waals surface area contributed by atoms with Crippen molar-refractivity contribution in [2.24, 2.45) is 0 Å². The summed E-state index contributed by atoms with van der Waals surface area (Å²) in [6, 6.07) is 0. The summed E-state index contributed by atoms with van der Waals surface area (Å²) in [4.78, 5) is 19.7. The molecule has 0 rings (SSSR count). The molecule has 0 aliphatic rings. The van der Waals surface area contributed by atoms with Crippen molar-refractivity contribution in [1.29, 1.82) is 0 Å². The number of aliphatic carboxylic acids is 2. The number of aliphatic hydroxyl groups excluding tert-OH is 1. The third kappa shape index (κ3) is 28.1. The van der Waals surface area contributed by atoms with E-state index in [0.717, 1.165) is 6.42 Å². The molecule has 8 nitrogen and oxygen atoms in total. The van der Waals surface area contributed by atoms with Gasteiger partial charge in [0.1, 0.15) is 5.25 Å². The molecule has 0 radical (unpaired) electrons. The molecule has 0 aromatic rings. The average molecular weight is 461 g/mol. The van der Waals surface area contributed by atoms with Crippen LogP contribution in [-0.4, -0.2) is 41.9 Å². The summed E-state index contributed by atoms with van der Waals surface area (Å²) in [7, 11) is -4.94. The molecule has 0 heterocycles. The molecule has 0 bridgehead atoms. The second kappa shape index (κ2) is 24.4. The van der Waals surface area contributed by atoms with Crippen LogP contribution in [0.2, 0.25) is 0 Å². The molecule has 27 heavy (non-hydrogen) atoms. The number of carbonyl (C=O) groups is 2. The van der Waals surface area contributed by atoms with Gasteiger partial charge in [0.2, 0.25) is 0 Å². The van der Waals surface area contributed by atoms with Crippen LogP contribution in [0.4, 0.5) is 0 Å². The van der Waals surface area contributed by atoms with Gasteiger partial charge in [-0.2, -0.15) is 8.42 Å². The number of unbranched alkanes of at least 4 members (excludes halogenated alkanes) is 9. The number of carboxylic acid groups (broad SMARTS) is 2. The van der Waals surface area contributed by atoms with E-state index >= 15 is 0 Å². The number of hydrogen-bond acceptors (Lipinski definition) is 7. The Balaban J connectivity index is -0.000000183. The fourth-order valence-electron chi connectivity index (χ4n) is 2.06. The zero-order valence-electron chi connectivity index (χ0n) is 16.8. The topological polar surface area (TPSA) is 155 Å². The minimum atomic E-state index is -4.94. The molecule has 0 aliphatic heterocycles. The smallest absolute Gasteiger partial charge is 0.550 e. The zero-order valence-corrected chi connectivity index (χ0v) is 23.9. The van der Waals surface area contributed by atoms with Crippen LogP contribution in [-0.2, 0) is 19.7 Å². The molecule has 0 aromatic heterocycles. The van der Waals surface area contributed by atoms with Crippen molar-refractivity contribution in [3.05, 3.63) is 0 Å². The molecule has 1 unspecified atom stereocenters.